The summed E-state index contributed by atoms with van der Waals surface area (Å²) in [5, 5.41) is 42.3. The molecule has 4 aromatic rings. The van der Waals surface area contributed by atoms with E-state index in [9.17, 15) is 39.6 Å². The predicted octanol–water partition coefficient (Wildman–Crippen LogP) is 2.11. The molecule has 0 aliphatic carbocycles. The third-order valence-corrected chi connectivity index (χ3v) is 7.16. The maximum absolute atomic E-state index is 11.4. The van der Waals surface area contributed by atoms with Gasteiger partial charge in [0.1, 0.15) is 43.6 Å². The second-order valence-corrected chi connectivity index (χ2v) is 10.6. The average molecular weight is 675 g/mol. The highest BCUT2D eigenvalue weighted by Gasteiger charge is 2.22. The first-order valence-corrected chi connectivity index (χ1v) is 14.5. The zero-order valence-electron chi connectivity index (χ0n) is 26.7. The van der Waals surface area contributed by atoms with E-state index in [1.54, 1.807) is 66.7 Å². The monoisotopic (exact) mass is 674 g/mol. The molecule has 17 heteroatoms. The zero-order chi connectivity index (χ0) is 35.8. The van der Waals surface area contributed by atoms with Crippen LogP contribution >= 0.6 is 0 Å². The van der Waals surface area contributed by atoms with Crippen molar-refractivity contribution in [2.45, 2.75) is 0 Å². The van der Waals surface area contributed by atoms with Gasteiger partial charge in [-0.2, -0.15) is 10.0 Å². The molecule has 0 amide bonds. The average Bonchev–Trinajstić information content (AvgIpc) is 3.06. The first-order valence-electron chi connectivity index (χ1n) is 14.5. The second kappa shape index (κ2) is 15.5. The van der Waals surface area contributed by atoms with E-state index in [2.05, 4.69) is 9.97 Å². The summed E-state index contributed by atoms with van der Waals surface area (Å²) < 4.78 is 5.31. The van der Waals surface area contributed by atoms with E-state index in [4.69, 9.17) is 15.5 Å². The number of nitrogen functional groups attached to an aromatic ring is 1. The summed E-state index contributed by atoms with van der Waals surface area (Å²) in [5.41, 5.74) is 9.44. The lowest BCUT2D eigenvalue weighted by Crippen LogP contribution is -2.46. The lowest BCUT2D eigenvalue weighted by molar-refractivity contribution is -0.144. The molecule has 0 bridgehead atoms. The van der Waals surface area contributed by atoms with Crippen LogP contribution in [0.15, 0.2) is 66.7 Å². The molecule has 49 heavy (non-hydrogen) atoms. The van der Waals surface area contributed by atoms with Crippen molar-refractivity contribution in [2.24, 2.45) is 0 Å². The van der Waals surface area contributed by atoms with Crippen molar-refractivity contribution >= 4 is 41.2 Å². The predicted molar refractivity (Wildman–Crippen MR) is 178 cm³/mol. The summed E-state index contributed by atoms with van der Waals surface area (Å²) in [5.74, 6) is -3.92. The van der Waals surface area contributed by atoms with E-state index in [0.29, 0.717) is 45.3 Å². The van der Waals surface area contributed by atoms with Gasteiger partial charge in [-0.05, 0) is 59.7 Å². The normalized spacial score (nSPS) is 11.0. The Morgan fingerprint density at radius 2 is 1.04 bits per heavy atom. The number of rotatable bonds is 16. The lowest BCUT2D eigenvalue weighted by Gasteiger charge is -2.30. The number of anilines is 3. The molecular formula is C32H34N8O9. The van der Waals surface area contributed by atoms with Gasteiger partial charge in [-0.3, -0.25) is 29.2 Å². The van der Waals surface area contributed by atoms with Gasteiger partial charge in [0.05, 0.1) is 35.6 Å². The maximum atomic E-state index is 11.4. The number of hydrogen-bond acceptors (Lipinski definition) is 13. The van der Waals surface area contributed by atoms with Crippen molar-refractivity contribution in [3.05, 3.63) is 66.7 Å². The Hall–Kier alpha value is -6.33. The zero-order valence-corrected chi connectivity index (χ0v) is 26.7. The molecule has 3 aromatic heterocycles. The van der Waals surface area contributed by atoms with Crippen molar-refractivity contribution in [1.82, 2.24) is 25.0 Å². The van der Waals surface area contributed by atoms with Crippen LogP contribution in [0.3, 0.4) is 0 Å². The number of carbonyl (C=O) groups is 4. The van der Waals surface area contributed by atoms with Crippen molar-refractivity contribution in [2.75, 3.05) is 63.1 Å². The standard InChI is InChI=1S/C32H34N8O9/c1-37(39(15-29(41)42)16-30(43)44)27-8-4-6-22(35-27)24-13-20(19-10-11-26(49-3)21(33)12-19)14-25(34-24)23-7-5-9-28(36-23)38(2)40(17-31(45)46)18-32(47)48/h4-14H,15-18,33H2,1-3H3,(H,41,42)(H,43,44)(H,45,46)(H,47,48). The Labute approximate surface area is 280 Å². The number of methoxy groups -OCH3 is 1. The Bertz CT molecular complexity index is 1740. The summed E-state index contributed by atoms with van der Waals surface area (Å²) in [6.07, 6.45) is 0. The Balaban J connectivity index is 1.84. The minimum absolute atomic E-state index is 0.251. The van der Waals surface area contributed by atoms with Gasteiger partial charge >= 0.3 is 23.9 Å². The van der Waals surface area contributed by atoms with E-state index in [1.807, 2.05) is 0 Å². The number of benzene rings is 1. The largest absolute Gasteiger partial charge is 0.495 e. The fourth-order valence-electron chi connectivity index (χ4n) is 4.82. The fourth-order valence-corrected chi connectivity index (χ4v) is 4.82. The first kappa shape index (κ1) is 35.5. The van der Waals surface area contributed by atoms with Crippen molar-refractivity contribution in [3.63, 3.8) is 0 Å². The highest BCUT2D eigenvalue weighted by Crippen LogP contribution is 2.33. The minimum Gasteiger partial charge on any atom is -0.495 e. The molecule has 0 unspecified atom stereocenters. The number of carboxylic acid groups (broad SMARTS) is 4. The van der Waals surface area contributed by atoms with Crippen LogP contribution in [-0.4, -0.2) is 117 Å². The molecule has 17 nitrogen and oxygen atoms in total. The molecule has 6 N–H and O–H groups in total. The Morgan fingerprint density at radius 3 is 1.41 bits per heavy atom. The molecule has 4 rings (SSSR count). The van der Waals surface area contributed by atoms with Gasteiger partial charge in [0.15, 0.2) is 0 Å². The van der Waals surface area contributed by atoms with Crippen LogP contribution in [0.2, 0.25) is 0 Å². The number of nitrogens with zero attached hydrogens (tertiary/aromatic N) is 7. The molecule has 1 aromatic carbocycles. The number of nitrogens with two attached hydrogens (primary N) is 1. The van der Waals surface area contributed by atoms with E-state index in [-0.39, 0.29) is 11.6 Å². The third-order valence-electron chi connectivity index (χ3n) is 7.16. The smallest absolute Gasteiger partial charge is 0.319 e. The summed E-state index contributed by atoms with van der Waals surface area (Å²) in [4.78, 5) is 59.9. The molecule has 0 aliphatic rings. The van der Waals surface area contributed by atoms with Crippen molar-refractivity contribution in [3.8, 4) is 39.7 Å². The van der Waals surface area contributed by atoms with E-state index < -0.39 is 50.1 Å². The SMILES string of the molecule is COc1ccc(-c2cc(-c3cccc(N(C)N(CC(=O)O)CC(=O)O)n3)nc(-c3cccc(N(C)N(CC(=O)O)CC(=O)O)n3)c2)cc1N. The third kappa shape index (κ3) is 9.15. The molecule has 0 saturated heterocycles. The van der Waals surface area contributed by atoms with Crippen LogP contribution < -0.4 is 20.5 Å². The van der Waals surface area contributed by atoms with E-state index in [0.717, 1.165) is 10.0 Å². The molecule has 0 spiro atoms. The first-order chi connectivity index (χ1) is 23.2. The number of hydrazine groups is 2. The molecule has 3 heterocycles. The number of pyridine rings is 3. The quantitative estimate of drug-likeness (QED) is 0.0845. The van der Waals surface area contributed by atoms with Crippen LogP contribution in [0.5, 0.6) is 5.75 Å². The summed E-state index contributed by atoms with van der Waals surface area (Å²) in [6, 6.07) is 18.7. The second-order valence-electron chi connectivity index (χ2n) is 10.6. The van der Waals surface area contributed by atoms with Crippen molar-refractivity contribution < 1.29 is 44.3 Å². The maximum Gasteiger partial charge on any atom is 0.319 e. The topological polar surface area (TPSA) is 236 Å². The molecule has 0 atom stereocenters. The van der Waals surface area contributed by atoms with Gasteiger partial charge in [0, 0.05) is 14.1 Å². The number of aromatic nitrogens is 3. The van der Waals surface area contributed by atoms with Gasteiger partial charge < -0.3 is 30.9 Å². The Morgan fingerprint density at radius 1 is 0.612 bits per heavy atom. The number of aliphatic carboxylic acids is 4. The van der Waals surface area contributed by atoms with Crippen LogP contribution in [0, 0.1) is 0 Å². The highest BCUT2D eigenvalue weighted by molar-refractivity contribution is 5.78. The molecule has 0 saturated carbocycles. The molecule has 256 valence electrons. The molecule has 0 radical (unpaired) electrons. The van der Waals surface area contributed by atoms with Gasteiger partial charge in [-0.25, -0.2) is 15.0 Å². The fraction of sp³-hybridized carbons (Fsp3) is 0.219. The van der Waals surface area contributed by atoms with Gasteiger partial charge in [0.2, 0.25) is 0 Å². The Kier molecular flexibility index (Phi) is 11.2. The molecule has 0 aliphatic heterocycles. The number of ether oxygens (including phenoxy) is 1. The van der Waals surface area contributed by atoms with E-state index >= 15 is 0 Å². The summed E-state index contributed by atoms with van der Waals surface area (Å²) >= 11 is 0. The molecular weight excluding hydrogens is 640 g/mol. The van der Waals surface area contributed by atoms with Gasteiger partial charge in [-0.15, -0.1) is 0 Å². The lowest BCUT2D eigenvalue weighted by atomic mass is 10.0. The number of hydrogen-bond donors (Lipinski definition) is 5. The van der Waals surface area contributed by atoms with Crippen molar-refractivity contribution in [1.29, 1.82) is 0 Å². The highest BCUT2D eigenvalue weighted by atomic mass is 16.5. The number of carboxylic acids is 4. The van der Waals surface area contributed by atoms with Crippen LogP contribution in [-0.2, 0) is 19.2 Å². The van der Waals surface area contributed by atoms with Crippen LogP contribution in [0.1, 0.15) is 0 Å². The molecule has 0 fully saturated rings. The van der Waals surface area contributed by atoms with Gasteiger partial charge in [0.25, 0.3) is 0 Å². The van der Waals surface area contributed by atoms with Crippen LogP contribution in [0.4, 0.5) is 17.3 Å². The summed E-state index contributed by atoms with van der Waals surface area (Å²) in [6.45, 7) is -2.34. The minimum atomic E-state index is -1.23. The summed E-state index contributed by atoms with van der Waals surface area (Å²) in [7, 11) is 4.50. The van der Waals surface area contributed by atoms with E-state index in [1.165, 1.54) is 31.2 Å². The van der Waals surface area contributed by atoms with Crippen LogP contribution in [0.25, 0.3) is 33.9 Å². The van der Waals surface area contributed by atoms with Gasteiger partial charge in [-0.1, -0.05) is 18.2 Å².